The summed E-state index contributed by atoms with van der Waals surface area (Å²) in [5, 5.41) is 10.8. The highest BCUT2D eigenvalue weighted by atomic mass is 35.5. The van der Waals surface area contributed by atoms with E-state index in [1.54, 1.807) is 42.5 Å². The Labute approximate surface area is 171 Å². The molecule has 1 atom stereocenters. The first-order valence-corrected chi connectivity index (χ1v) is 8.84. The van der Waals surface area contributed by atoms with Crippen LogP contribution in [0.1, 0.15) is 22.8 Å². The number of halogens is 1. The molecule has 150 valence electrons. The van der Waals surface area contributed by atoms with Crippen LogP contribution in [0.5, 0.6) is 5.75 Å². The number of ketones is 1. The van der Waals surface area contributed by atoms with Gasteiger partial charge in [0.25, 0.3) is 5.69 Å². The molecule has 0 radical (unpaired) electrons. The van der Waals surface area contributed by atoms with Gasteiger partial charge in [-0.25, -0.2) is 0 Å². The second kappa shape index (κ2) is 11.2. The summed E-state index contributed by atoms with van der Waals surface area (Å²) in [6.45, 7) is 3.80. The number of carbonyl (C=O) groups is 1. The zero-order valence-corrected chi connectivity index (χ0v) is 17.0. The Morgan fingerprint density at radius 2 is 1.89 bits per heavy atom. The molecule has 2 aromatic carbocycles. The highest BCUT2D eigenvalue weighted by Gasteiger charge is 2.08. The summed E-state index contributed by atoms with van der Waals surface area (Å²) in [5.41, 5.74) is 1.14. The van der Waals surface area contributed by atoms with Crippen LogP contribution in [0.4, 0.5) is 5.69 Å². The van der Waals surface area contributed by atoms with Crippen LogP contribution in [0.2, 0.25) is 0 Å². The lowest BCUT2D eigenvalue weighted by Crippen LogP contribution is -3.06. The van der Waals surface area contributed by atoms with Gasteiger partial charge in [-0.15, -0.1) is 0 Å². The summed E-state index contributed by atoms with van der Waals surface area (Å²) in [7, 11) is 4.22. The van der Waals surface area contributed by atoms with Crippen LogP contribution >= 0.6 is 0 Å². The van der Waals surface area contributed by atoms with Gasteiger partial charge in [0.2, 0.25) is 0 Å². The first-order valence-electron chi connectivity index (χ1n) is 8.84. The third-order valence-corrected chi connectivity index (χ3v) is 3.94. The van der Waals surface area contributed by atoms with Gasteiger partial charge < -0.3 is 22.0 Å². The molecule has 0 aliphatic rings. The van der Waals surface area contributed by atoms with Crippen molar-refractivity contribution in [1.82, 2.24) is 0 Å². The molecule has 0 spiro atoms. The molecule has 2 aromatic rings. The lowest BCUT2D eigenvalue weighted by Gasteiger charge is -2.15. The molecule has 0 fully saturated rings. The monoisotopic (exact) mass is 404 g/mol. The van der Waals surface area contributed by atoms with Gasteiger partial charge in [0.1, 0.15) is 5.75 Å². The average Bonchev–Trinajstić information content (AvgIpc) is 2.64. The largest absolute Gasteiger partial charge is 1.00 e. The summed E-state index contributed by atoms with van der Waals surface area (Å²) in [6.07, 6.45) is 2.99. The SMILES string of the molecule is CC(COc1ccc(C(=O)/C=C/c2cccc([N+](=O)[O-])c2)cc1)C[NH+](C)C.[Cl-]. The lowest BCUT2D eigenvalue weighted by molar-refractivity contribution is -0.861. The molecule has 6 nitrogen and oxygen atoms in total. The number of benzene rings is 2. The molecule has 0 aliphatic carbocycles. The van der Waals surface area contributed by atoms with E-state index in [4.69, 9.17) is 4.74 Å². The molecule has 7 heteroatoms. The number of nitrogens with zero attached hydrogens (tertiary/aromatic N) is 1. The van der Waals surface area contributed by atoms with Gasteiger partial charge in [-0.05, 0) is 35.9 Å². The molecule has 0 aliphatic heterocycles. The van der Waals surface area contributed by atoms with Crippen molar-refractivity contribution < 1.29 is 31.8 Å². The maximum atomic E-state index is 12.3. The molecule has 1 unspecified atom stereocenters. The number of quaternary nitrogens is 1. The van der Waals surface area contributed by atoms with Gasteiger partial charge >= 0.3 is 0 Å². The number of nitro benzene ring substituents is 1. The summed E-state index contributed by atoms with van der Waals surface area (Å²) in [6, 6.07) is 13.1. The van der Waals surface area contributed by atoms with Crippen molar-refractivity contribution in [3.05, 3.63) is 75.8 Å². The summed E-state index contributed by atoms with van der Waals surface area (Å²) in [4.78, 5) is 24.0. The Morgan fingerprint density at radius 1 is 1.21 bits per heavy atom. The number of carbonyl (C=O) groups excluding carboxylic acids is 1. The molecule has 28 heavy (non-hydrogen) atoms. The number of nitro groups is 1. The third kappa shape index (κ3) is 7.50. The Bertz CT molecular complexity index is 819. The van der Waals surface area contributed by atoms with Gasteiger partial charge in [0, 0.05) is 23.6 Å². The van der Waals surface area contributed by atoms with Crippen molar-refractivity contribution in [3.63, 3.8) is 0 Å². The second-order valence-corrected chi connectivity index (χ2v) is 6.90. The van der Waals surface area contributed by atoms with Crippen LogP contribution < -0.4 is 22.0 Å². The fourth-order valence-corrected chi connectivity index (χ4v) is 2.72. The van der Waals surface area contributed by atoms with E-state index in [1.807, 2.05) is 0 Å². The first-order chi connectivity index (χ1) is 12.8. The van der Waals surface area contributed by atoms with Crippen LogP contribution in [-0.2, 0) is 0 Å². The van der Waals surface area contributed by atoms with Crippen LogP contribution in [0, 0.1) is 16.0 Å². The fraction of sp³-hybridized carbons (Fsp3) is 0.286. The summed E-state index contributed by atoms with van der Waals surface area (Å²) >= 11 is 0. The predicted molar refractivity (Wildman–Crippen MR) is 105 cm³/mol. The van der Waals surface area contributed by atoms with Gasteiger partial charge in [0.15, 0.2) is 5.78 Å². The Balaban J connectivity index is 0.00000392. The molecular weight excluding hydrogens is 380 g/mol. The highest BCUT2D eigenvalue weighted by Crippen LogP contribution is 2.16. The maximum absolute atomic E-state index is 12.3. The van der Waals surface area contributed by atoms with Crippen LogP contribution in [0.15, 0.2) is 54.6 Å². The number of non-ortho nitro benzene ring substituents is 1. The minimum Gasteiger partial charge on any atom is -1.00 e. The van der Waals surface area contributed by atoms with Crippen molar-refractivity contribution in [3.8, 4) is 5.75 Å². The molecular formula is C21H25ClN2O4. The fourth-order valence-electron chi connectivity index (χ4n) is 2.72. The highest BCUT2D eigenvalue weighted by molar-refractivity contribution is 6.06. The number of ether oxygens (including phenoxy) is 1. The predicted octanol–water partition coefficient (Wildman–Crippen LogP) is -0.346. The number of hydrogen-bond donors (Lipinski definition) is 1. The van der Waals surface area contributed by atoms with E-state index in [9.17, 15) is 14.9 Å². The zero-order valence-electron chi connectivity index (χ0n) is 16.2. The van der Waals surface area contributed by atoms with E-state index >= 15 is 0 Å². The van der Waals surface area contributed by atoms with E-state index in [1.165, 1.54) is 23.1 Å². The molecule has 0 bridgehead atoms. The van der Waals surface area contributed by atoms with Crippen molar-refractivity contribution in [2.75, 3.05) is 27.2 Å². The van der Waals surface area contributed by atoms with Gasteiger partial charge in [0.05, 0.1) is 32.2 Å². The van der Waals surface area contributed by atoms with Crippen LogP contribution in [0.25, 0.3) is 6.08 Å². The van der Waals surface area contributed by atoms with Crippen molar-refractivity contribution in [2.45, 2.75) is 6.92 Å². The summed E-state index contributed by atoms with van der Waals surface area (Å²) < 4.78 is 5.76. The molecule has 0 amide bonds. The standard InChI is InChI=1S/C21H24N2O4.ClH/c1-16(14-22(2)3)15-27-20-10-8-18(9-11-20)21(24)12-7-17-5-4-6-19(13-17)23(25)26;/h4-13,16H,14-15H2,1-3H3;1H/b12-7+;. The van der Waals surface area contributed by atoms with Crippen molar-refractivity contribution in [1.29, 1.82) is 0 Å². The van der Waals surface area contributed by atoms with Gasteiger partial charge in [-0.2, -0.15) is 0 Å². The first kappa shape index (κ1) is 23.3. The van der Waals surface area contributed by atoms with Crippen LogP contribution in [-0.4, -0.2) is 38.0 Å². The smallest absolute Gasteiger partial charge is 0.270 e. The number of nitrogens with one attached hydrogen (secondary N) is 1. The molecule has 1 N–H and O–H groups in total. The molecule has 0 aromatic heterocycles. The van der Waals surface area contributed by atoms with Crippen molar-refractivity contribution in [2.24, 2.45) is 5.92 Å². The quantitative estimate of drug-likeness (QED) is 0.268. The number of hydrogen-bond acceptors (Lipinski definition) is 4. The number of rotatable bonds is 9. The topological polar surface area (TPSA) is 73.9 Å². The van der Waals surface area contributed by atoms with Gasteiger partial charge in [-0.1, -0.05) is 25.1 Å². The summed E-state index contributed by atoms with van der Waals surface area (Å²) in [5.74, 6) is 1.00. The molecule has 0 saturated carbocycles. The van der Waals surface area contributed by atoms with E-state index in [0.29, 0.717) is 23.7 Å². The van der Waals surface area contributed by atoms with Crippen LogP contribution in [0.3, 0.4) is 0 Å². The lowest BCUT2D eigenvalue weighted by atomic mass is 10.1. The van der Waals surface area contributed by atoms with E-state index in [0.717, 1.165) is 12.3 Å². The second-order valence-electron chi connectivity index (χ2n) is 6.90. The third-order valence-electron chi connectivity index (χ3n) is 3.94. The zero-order chi connectivity index (χ0) is 19.8. The maximum Gasteiger partial charge on any atom is 0.270 e. The Morgan fingerprint density at radius 3 is 2.50 bits per heavy atom. The average molecular weight is 405 g/mol. The molecule has 0 saturated heterocycles. The molecule has 2 rings (SSSR count). The van der Waals surface area contributed by atoms with E-state index in [-0.39, 0.29) is 23.9 Å². The normalized spacial score (nSPS) is 11.9. The van der Waals surface area contributed by atoms with Gasteiger partial charge in [-0.3, -0.25) is 14.9 Å². The minimum atomic E-state index is -0.460. The van der Waals surface area contributed by atoms with Crippen molar-refractivity contribution >= 4 is 17.5 Å². The Kier molecular flexibility index (Phi) is 9.35. The molecule has 0 heterocycles. The Hall–Kier alpha value is -2.70. The minimum absolute atomic E-state index is 0. The van der Waals surface area contributed by atoms with E-state index < -0.39 is 4.92 Å². The number of allylic oxidation sites excluding steroid dienone is 1. The van der Waals surface area contributed by atoms with E-state index in [2.05, 4.69) is 21.0 Å².